The van der Waals surface area contributed by atoms with Gasteiger partial charge in [0, 0.05) is 10.0 Å². The lowest BCUT2D eigenvalue weighted by Crippen LogP contribution is -1.97. The fourth-order valence-electron chi connectivity index (χ4n) is 3.56. The zero-order chi connectivity index (χ0) is 20.0. The third kappa shape index (κ3) is 5.39. The van der Waals surface area contributed by atoms with Gasteiger partial charge in [-0.2, -0.15) is 0 Å². The van der Waals surface area contributed by atoms with Crippen molar-refractivity contribution in [2.75, 3.05) is 0 Å². The van der Waals surface area contributed by atoms with Crippen LogP contribution >= 0.6 is 23.2 Å². The monoisotopic (exact) mass is 402 g/mol. The Hall–Kier alpha value is -1.24. The minimum absolute atomic E-state index is 0.845. The summed E-state index contributed by atoms with van der Waals surface area (Å²) in [6.45, 7) is 10.8. The van der Waals surface area contributed by atoms with E-state index < -0.39 is 0 Å². The van der Waals surface area contributed by atoms with Crippen LogP contribution in [-0.2, 0) is 12.8 Å². The molecule has 0 saturated heterocycles. The number of hydrogen-bond acceptors (Lipinski definition) is 0. The van der Waals surface area contributed by atoms with Crippen molar-refractivity contribution < 1.29 is 0 Å². The van der Waals surface area contributed by atoms with Crippen LogP contribution in [0.25, 0.3) is 5.57 Å². The molecule has 2 rings (SSSR count). The Bertz CT molecular complexity index is 754. The molecule has 0 fully saturated rings. The second-order valence-electron chi connectivity index (χ2n) is 7.31. The molecule has 2 aromatic carbocycles. The Kier molecular flexibility index (Phi) is 8.45. The van der Waals surface area contributed by atoms with Crippen molar-refractivity contribution in [2.24, 2.45) is 0 Å². The predicted molar refractivity (Wildman–Crippen MR) is 122 cm³/mol. The molecule has 2 aromatic rings. The first-order valence-electron chi connectivity index (χ1n) is 10.2. The first kappa shape index (κ1) is 22.1. The van der Waals surface area contributed by atoms with Crippen LogP contribution in [0.4, 0.5) is 0 Å². The number of benzene rings is 2. The van der Waals surface area contributed by atoms with Gasteiger partial charge in [-0.1, -0.05) is 75.0 Å². The van der Waals surface area contributed by atoms with Crippen LogP contribution in [0, 0.1) is 13.8 Å². The quantitative estimate of drug-likeness (QED) is 0.387. The fraction of sp³-hybridized carbons (Fsp3) is 0.440. The maximum Gasteiger partial charge on any atom is 0.0444 e. The van der Waals surface area contributed by atoms with Gasteiger partial charge in [-0.15, -0.1) is 0 Å². The lowest BCUT2D eigenvalue weighted by Gasteiger charge is -2.16. The first-order valence-corrected chi connectivity index (χ1v) is 11.0. The van der Waals surface area contributed by atoms with Gasteiger partial charge in [-0.3, -0.25) is 0 Å². The number of rotatable bonds is 8. The van der Waals surface area contributed by atoms with Crippen molar-refractivity contribution in [3.63, 3.8) is 0 Å². The highest BCUT2D eigenvalue weighted by Crippen LogP contribution is 2.33. The molecule has 0 spiro atoms. The molecule has 0 aromatic heterocycles. The maximum atomic E-state index is 6.57. The Labute approximate surface area is 175 Å². The highest BCUT2D eigenvalue weighted by molar-refractivity contribution is 6.32. The zero-order valence-corrected chi connectivity index (χ0v) is 18.9. The number of allylic oxidation sites excluding steroid dienone is 1. The van der Waals surface area contributed by atoms with Gasteiger partial charge in [-0.25, -0.2) is 0 Å². The van der Waals surface area contributed by atoms with Crippen molar-refractivity contribution in [2.45, 2.75) is 73.1 Å². The second kappa shape index (κ2) is 10.3. The summed E-state index contributed by atoms with van der Waals surface area (Å²) >= 11 is 13.1. The maximum absolute atomic E-state index is 6.57. The van der Waals surface area contributed by atoms with Crippen molar-refractivity contribution in [1.82, 2.24) is 0 Å². The standard InChI is InChI=1S/C25H32Cl2/c1-6-9-10-11-12-23(21-13-19(7-2)17(4)24(26)15-21)22-14-20(8-3)18(5)25(27)16-22/h12-16H,6-11H2,1-5H3. The first-order chi connectivity index (χ1) is 12.9. The van der Waals surface area contributed by atoms with Crippen LogP contribution in [-0.4, -0.2) is 0 Å². The van der Waals surface area contributed by atoms with Gasteiger partial charge in [0.25, 0.3) is 0 Å². The highest BCUT2D eigenvalue weighted by atomic mass is 35.5. The molecule has 0 aliphatic heterocycles. The second-order valence-corrected chi connectivity index (χ2v) is 8.12. The van der Waals surface area contributed by atoms with E-state index in [1.54, 1.807) is 0 Å². The molecule has 0 nitrogen and oxygen atoms in total. The van der Waals surface area contributed by atoms with Gasteiger partial charge in [0.15, 0.2) is 0 Å². The molecule has 27 heavy (non-hydrogen) atoms. The summed E-state index contributed by atoms with van der Waals surface area (Å²) in [6, 6.07) is 8.82. The minimum atomic E-state index is 0.845. The normalized spacial score (nSPS) is 10.9. The zero-order valence-electron chi connectivity index (χ0n) is 17.4. The van der Waals surface area contributed by atoms with Crippen molar-refractivity contribution >= 4 is 28.8 Å². The molecule has 146 valence electrons. The van der Waals surface area contributed by atoms with Crippen LogP contribution in [0.3, 0.4) is 0 Å². The molecule has 0 saturated carbocycles. The van der Waals surface area contributed by atoms with Crippen LogP contribution in [0.1, 0.15) is 79.8 Å². The summed E-state index contributed by atoms with van der Waals surface area (Å²) in [7, 11) is 0. The van der Waals surface area contributed by atoms with Crippen LogP contribution < -0.4 is 0 Å². The van der Waals surface area contributed by atoms with E-state index in [0.717, 1.165) is 29.3 Å². The molecule has 2 heteroatoms. The van der Waals surface area contributed by atoms with Crippen molar-refractivity contribution in [3.8, 4) is 0 Å². The topological polar surface area (TPSA) is 0 Å². The van der Waals surface area contributed by atoms with Crippen LogP contribution in [0.2, 0.25) is 10.0 Å². The Morgan fingerprint density at radius 2 is 1.26 bits per heavy atom. The van der Waals surface area contributed by atoms with Gasteiger partial charge in [0.1, 0.15) is 0 Å². The predicted octanol–water partition coefficient (Wildman–Crippen LogP) is 8.75. The lowest BCUT2D eigenvalue weighted by molar-refractivity contribution is 0.729. The van der Waals surface area contributed by atoms with Gasteiger partial charge in [0.05, 0.1) is 0 Å². The summed E-state index contributed by atoms with van der Waals surface area (Å²) in [5.74, 6) is 0. The number of hydrogen-bond donors (Lipinski definition) is 0. The van der Waals surface area contributed by atoms with E-state index in [0.29, 0.717) is 0 Å². The third-order valence-corrected chi connectivity index (χ3v) is 6.23. The largest absolute Gasteiger partial charge is 0.0840 e. The van der Waals surface area contributed by atoms with E-state index >= 15 is 0 Å². The molecular weight excluding hydrogens is 371 g/mol. The lowest BCUT2D eigenvalue weighted by atomic mass is 9.90. The third-order valence-electron chi connectivity index (χ3n) is 5.44. The summed E-state index contributed by atoms with van der Waals surface area (Å²) in [5, 5.41) is 1.69. The van der Waals surface area contributed by atoms with E-state index in [2.05, 4.69) is 65.0 Å². The van der Waals surface area contributed by atoms with E-state index in [-0.39, 0.29) is 0 Å². The molecule has 0 heterocycles. The number of halogens is 2. The van der Waals surface area contributed by atoms with Gasteiger partial charge < -0.3 is 0 Å². The SMILES string of the molecule is CCCCCC=C(c1cc(Cl)c(C)c(CC)c1)c1cc(Cl)c(C)c(CC)c1. The fourth-order valence-corrected chi connectivity index (χ4v) is 4.04. The molecule has 0 N–H and O–H groups in total. The number of aryl methyl sites for hydroxylation is 2. The van der Waals surface area contributed by atoms with E-state index in [4.69, 9.17) is 23.2 Å². The van der Waals surface area contributed by atoms with E-state index in [1.807, 2.05) is 0 Å². The minimum Gasteiger partial charge on any atom is -0.0840 e. The van der Waals surface area contributed by atoms with Gasteiger partial charge >= 0.3 is 0 Å². The average Bonchev–Trinajstić information content (AvgIpc) is 2.66. The van der Waals surface area contributed by atoms with Gasteiger partial charge in [0.2, 0.25) is 0 Å². The molecule has 0 radical (unpaired) electrons. The van der Waals surface area contributed by atoms with Crippen LogP contribution in [0.15, 0.2) is 30.3 Å². The van der Waals surface area contributed by atoms with Crippen molar-refractivity contribution in [3.05, 3.63) is 73.8 Å². The Morgan fingerprint density at radius 1 is 0.778 bits per heavy atom. The molecule has 0 amide bonds. The molecule has 0 unspecified atom stereocenters. The van der Waals surface area contributed by atoms with Gasteiger partial charge in [-0.05, 0) is 90.6 Å². The Balaban J connectivity index is 2.60. The summed E-state index contributed by atoms with van der Waals surface area (Å²) in [5.41, 5.74) is 8.63. The molecule has 0 atom stereocenters. The van der Waals surface area contributed by atoms with E-state index in [9.17, 15) is 0 Å². The summed E-state index contributed by atoms with van der Waals surface area (Å²) < 4.78 is 0. The van der Waals surface area contributed by atoms with Crippen molar-refractivity contribution in [1.29, 1.82) is 0 Å². The molecular formula is C25H32Cl2. The highest BCUT2D eigenvalue weighted by Gasteiger charge is 2.13. The molecule has 0 aliphatic carbocycles. The molecule has 0 aliphatic rings. The number of unbranched alkanes of at least 4 members (excludes halogenated alkanes) is 3. The average molecular weight is 403 g/mol. The summed E-state index contributed by atoms with van der Waals surface area (Å²) in [4.78, 5) is 0. The van der Waals surface area contributed by atoms with E-state index in [1.165, 1.54) is 58.2 Å². The summed E-state index contributed by atoms with van der Waals surface area (Å²) in [6.07, 6.45) is 9.11. The Morgan fingerprint density at radius 3 is 1.67 bits per heavy atom. The van der Waals surface area contributed by atoms with Crippen LogP contribution in [0.5, 0.6) is 0 Å². The smallest absolute Gasteiger partial charge is 0.0444 e. The molecule has 0 bridgehead atoms.